The van der Waals surface area contributed by atoms with E-state index in [-0.39, 0.29) is 18.2 Å². The molecule has 0 fully saturated rings. The highest BCUT2D eigenvalue weighted by atomic mass is 19.3. The molecule has 0 spiro atoms. The zero-order valence-corrected chi connectivity index (χ0v) is 20.6. The van der Waals surface area contributed by atoms with E-state index >= 15 is 0 Å². The maximum absolute atomic E-state index is 13.4. The lowest BCUT2D eigenvalue weighted by molar-refractivity contribution is -0.00726. The quantitative estimate of drug-likeness (QED) is 0.412. The molecule has 1 aliphatic rings. The lowest BCUT2D eigenvalue weighted by atomic mass is 9.92. The molecule has 1 amide bonds. The highest BCUT2D eigenvalue weighted by molar-refractivity contribution is 5.94. The third-order valence-electron chi connectivity index (χ3n) is 6.51. The van der Waals surface area contributed by atoms with Crippen LogP contribution in [0.3, 0.4) is 0 Å². The topological polar surface area (TPSA) is 90.0 Å². The van der Waals surface area contributed by atoms with Gasteiger partial charge in [-0.15, -0.1) is 0 Å². The van der Waals surface area contributed by atoms with E-state index in [0.717, 1.165) is 29.4 Å². The Kier molecular flexibility index (Phi) is 6.27. The van der Waals surface area contributed by atoms with Gasteiger partial charge in [0.15, 0.2) is 5.82 Å². The van der Waals surface area contributed by atoms with Crippen LogP contribution in [0.15, 0.2) is 36.7 Å². The van der Waals surface area contributed by atoms with Crippen molar-refractivity contribution >= 4 is 11.7 Å². The van der Waals surface area contributed by atoms with Crippen molar-refractivity contribution in [1.82, 2.24) is 34.4 Å². The fourth-order valence-electron chi connectivity index (χ4n) is 4.77. The zero-order chi connectivity index (χ0) is 25.4. The SMILES string of the molecule is CCc1nc2ncc(C)cn2c1C(=O)NCc1ccc(-c2nc3n(n2)CCC(CC(C)(F)F)C3)cc1. The normalized spacial score (nSPS) is 15.8. The number of benzene rings is 1. The average molecular weight is 494 g/mol. The highest BCUT2D eigenvalue weighted by Crippen LogP contribution is 2.31. The number of fused-ring (bicyclic) bond motifs is 2. The van der Waals surface area contributed by atoms with E-state index in [2.05, 4.69) is 25.4 Å². The second-order valence-electron chi connectivity index (χ2n) is 9.65. The minimum absolute atomic E-state index is 0.0821. The number of carbonyl (C=O) groups is 1. The zero-order valence-electron chi connectivity index (χ0n) is 20.6. The molecule has 0 bridgehead atoms. The van der Waals surface area contributed by atoms with E-state index in [4.69, 9.17) is 0 Å². The molecule has 4 heterocycles. The minimum Gasteiger partial charge on any atom is -0.347 e. The summed E-state index contributed by atoms with van der Waals surface area (Å²) in [5.41, 5.74) is 3.94. The molecule has 5 rings (SSSR count). The van der Waals surface area contributed by atoms with Gasteiger partial charge in [-0.1, -0.05) is 31.2 Å². The van der Waals surface area contributed by atoms with Crippen LogP contribution in [0.5, 0.6) is 0 Å². The monoisotopic (exact) mass is 493 g/mol. The number of nitrogens with one attached hydrogen (secondary N) is 1. The molecule has 0 saturated heterocycles. The molecule has 1 atom stereocenters. The van der Waals surface area contributed by atoms with E-state index in [1.165, 1.54) is 0 Å². The molecule has 4 aromatic rings. The largest absolute Gasteiger partial charge is 0.347 e. The van der Waals surface area contributed by atoms with E-state index in [0.29, 0.717) is 55.3 Å². The maximum atomic E-state index is 13.4. The summed E-state index contributed by atoms with van der Waals surface area (Å²) in [6.45, 7) is 5.82. The highest BCUT2D eigenvalue weighted by Gasteiger charge is 2.30. The molecular weight excluding hydrogens is 464 g/mol. The summed E-state index contributed by atoms with van der Waals surface area (Å²) in [6, 6.07) is 7.69. The minimum atomic E-state index is -2.67. The van der Waals surface area contributed by atoms with Gasteiger partial charge in [0.2, 0.25) is 11.7 Å². The number of hydrogen-bond acceptors (Lipinski definition) is 5. The molecule has 3 aromatic heterocycles. The van der Waals surface area contributed by atoms with Gasteiger partial charge in [-0.3, -0.25) is 9.20 Å². The number of aromatic nitrogens is 6. The van der Waals surface area contributed by atoms with Crippen molar-refractivity contribution in [3.05, 3.63) is 65.0 Å². The predicted octanol–water partition coefficient (Wildman–Crippen LogP) is 4.40. The Morgan fingerprint density at radius 1 is 1.22 bits per heavy atom. The number of amides is 1. The second-order valence-corrected chi connectivity index (χ2v) is 9.65. The molecule has 36 heavy (non-hydrogen) atoms. The Morgan fingerprint density at radius 2 is 2.00 bits per heavy atom. The lowest BCUT2D eigenvalue weighted by Crippen LogP contribution is -2.25. The second kappa shape index (κ2) is 9.40. The fourth-order valence-corrected chi connectivity index (χ4v) is 4.77. The van der Waals surface area contributed by atoms with Gasteiger partial charge < -0.3 is 5.32 Å². The lowest BCUT2D eigenvalue weighted by Gasteiger charge is -2.24. The summed E-state index contributed by atoms with van der Waals surface area (Å²) in [4.78, 5) is 26.4. The molecule has 1 unspecified atom stereocenters. The van der Waals surface area contributed by atoms with Gasteiger partial charge in [0.25, 0.3) is 5.91 Å². The predicted molar refractivity (Wildman–Crippen MR) is 131 cm³/mol. The van der Waals surface area contributed by atoms with Crippen molar-refractivity contribution < 1.29 is 13.6 Å². The average Bonchev–Trinajstić information content (AvgIpc) is 3.42. The molecule has 188 valence electrons. The van der Waals surface area contributed by atoms with Crippen molar-refractivity contribution in [3.8, 4) is 11.4 Å². The molecule has 1 aromatic carbocycles. The summed E-state index contributed by atoms with van der Waals surface area (Å²) in [5, 5.41) is 7.56. The van der Waals surface area contributed by atoms with Gasteiger partial charge in [0, 0.05) is 43.9 Å². The summed E-state index contributed by atoms with van der Waals surface area (Å²) < 4.78 is 30.4. The van der Waals surface area contributed by atoms with Crippen LogP contribution in [0.4, 0.5) is 8.78 Å². The molecule has 0 radical (unpaired) electrons. The Hall–Kier alpha value is -3.69. The standard InChI is InChI=1S/C26H29F2N7O/c1-4-20-22(34-15-16(2)13-30-25(34)31-20)24(36)29-14-17-5-7-19(8-6-17)23-32-21-11-18(12-26(3,27)28)9-10-35(21)33-23/h5-8,13,15,18H,4,9-12,14H2,1-3H3,(H,29,36). The number of carbonyl (C=O) groups excluding carboxylic acids is 1. The number of imidazole rings is 1. The first-order valence-corrected chi connectivity index (χ1v) is 12.2. The van der Waals surface area contributed by atoms with E-state index in [9.17, 15) is 13.6 Å². The number of halogens is 2. The van der Waals surface area contributed by atoms with Crippen LogP contribution >= 0.6 is 0 Å². The van der Waals surface area contributed by atoms with Crippen LogP contribution in [0.25, 0.3) is 17.2 Å². The number of rotatable bonds is 7. The van der Waals surface area contributed by atoms with E-state index in [1.807, 2.05) is 49.0 Å². The molecular formula is C26H29F2N7O. The smallest absolute Gasteiger partial charge is 0.270 e. The van der Waals surface area contributed by atoms with Crippen molar-refractivity contribution in [2.45, 2.75) is 65.5 Å². The Labute approximate surface area is 207 Å². The molecule has 0 saturated carbocycles. The number of nitrogens with zero attached hydrogens (tertiary/aromatic N) is 6. The van der Waals surface area contributed by atoms with Gasteiger partial charge >= 0.3 is 0 Å². The summed E-state index contributed by atoms with van der Waals surface area (Å²) >= 11 is 0. The van der Waals surface area contributed by atoms with Crippen molar-refractivity contribution in [1.29, 1.82) is 0 Å². The van der Waals surface area contributed by atoms with Crippen molar-refractivity contribution in [2.24, 2.45) is 5.92 Å². The molecule has 10 heteroatoms. The number of alkyl halides is 2. The van der Waals surface area contributed by atoms with Gasteiger partial charge in [0.1, 0.15) is 11.5 Å². The Morgan fingerprint density at radius 3 is 2.72 bits per heavy atom. The van der Waals surface area contributed by atoms with E-state index < -0.39 is 5.92 Å². The van der Waals surface area contributed by atoms with Crippen LogP contribution in [0.2, 0.25) is 0 Å². The number of hydrogen-bond donors (Lipinski definition) is 1. The maximum Gasteiger partial charge on any atom is 0.270 e. The molecule has 0 aliphatic carbocycles. The van der Waals surface area contributed by atoms with Crippen LogP contribution in [-0.2, 0) is 25.9 Å². The van der Waals surface area contributed by atoms with Gasteiger partial charge in [0.05, 0.1) is 5.69 Å². The molecule has 1 N–H and O–H groups in total. The first-order chi connectivity index (χ1) is 17.2. The molecule has 1 aliphatic heterocycles. The third-order valence-corrected chi connectivity index (χ3v) is 6.51. The van der Waals surface area contributed by atoms with Crippen molar-refractivity contribution in [3.63, 3.8) is 0 Å². The van der Waals surface area contributed by atoms with Crippen molar-refractivity contribution in [2.75, 3.05) is 0 Å². The van der Waals surface area contributed by atoms with Gasteiger partial charge in [-0.25, -0.2) is 28.4 Å². The first kappa shape index (κ1) is 24.0. The van der Waals surface area contributed by atoms with Gasteiger partial charge in [-0.2, -0.15) is 5.10 Å². The van der Waals surface area contributed by atoms with Crippen LogP contribution in [0, 0.1) is 12.8 Å². The third kappa shape index (κ3) is 4.98. The van der Waals surface area contributed by atoms with Crippen LogP contribution in [0.1, 0.15) is 59.8 Å². The van der Waals surface area contributed by atoms with E-state index in [1.54, 1.807) is 10.6 Å². The Bertz CT molecular complexity index is 1400. The summed E-state index contributed by atoms with van der Waals surface area (Å²) in [7, 11) is 0. The summed E-state index contributed by atoms with van der Waals surface area (Å²) in [5.74, 6) is -1.10. The van der Waals surface area contributed by atoms with Crippen LogP contribution in [-0.4, -0.2) is 41.0 Å². The van der Waals surface area contributed by atoms with Gasteiger partial charge in [-0.05, 0) is 43.7 Å². The Balaban J connectivity index is 1.26. The first-order valence-electron chi connectivity index (χ1n) is 12.2. The number of aryl methyl sites for hydroxylation is 3. The fraction of sp³-hybridized carbons (Fsp3) is 0.423. The van der Waals surface area contributed by atoms with Crippen LogP contribution < -0.4 is 5.32 Å². The molecule has 8 nitrogen and oxygen atoms in total. The summed E-state index contributed by atoms with van der Waals surface area (Å²) in [6.07, 6.45) is 5.30.